The largest absolute Gasteiger partial charge is 0.453 e. The monoisotopic (exact) mass is 324 g/mol. The lowest BCUT2D eigenvalue weighted by Gasteiger charge is -2.24. The summed E-state index contributed by atoms with van der Waals surface area (Å²) in [4.78, 5) is 14.7. The zero-order valence-corrected chi connectivity index (χ0v) is 13.5. The van der Waals surface area contributed by atoms with E-state index in [-0.39, 0.29) is 6.04 Å². The number of ether oxygens (including phenoxy) is 1. The minimum atomic E-state index is -0.540. The van der Waals surface area contributed by atoms with Gasteiger partial charge in [-0.3, -0.25) is 0 Å². The van der Waals surface area contributed by atoms with Gasteiger partial charge in [0, 0.05) is 11.0 Å². The van der Waals surface area contributed by atoms with Gasteiger partial charge in [-0.2, -0.15) is 0 Å². The van der Waals surface area contributed by atoms with Crippen LogP contribution in [0.1, 0.15) is 11.1 Å². The van der Waals surface area contributed by atoms with Crippen LogP contribution in [0.15, 0.2) is 65.8 Å². The summed E-state index contributed by atoms with van der Waals surface area (Å²) in [5, 5.41) is 6.71. The number of azide groups is 1. The molecule has 0 aromatic heterocycles. The molecule has 0 heterocycles. The molecule has 1 amide bonds. The van der Waals surface area contributed by atoms with E-state index in [2.05, 4.69) is 15.3 Å². The third-order valence-corrected chi connectivity index (χ3v) is 3.74. The average Bonchev–Trinajstić information content (AvgIpc) is 2.62. The van der Waals surface area contributed by atoms with Crippen molar-refractivity contribution < 1.29 is 9.53 Å². The van der Waals surface area contributed by atoms with Crippen molar-refractivity contribution in [1.82, 2.24) is 5.32 Å². The van der Waals surface area contributed by atoms with Gasteiger partial charge in [0.1, 0.15) is 0 Å². The highest BCUT2D eigenvalue weighted by Gasteiger charge is 2.23. The summed E-state index contributed by atoms with van der Waals surface area (Å²) >= 11 is 0. The van der Waals surface area contributed by atoms with Crippen molar-refractivity contribution >= 4 is 6.09 Å². The first-order valence-corrected chi connectivity index (χ1v) is 7.69. The molecule has 6 heteroatoms. The molecule has 1 N–H and O–H groups in total. The number of hydrogen-bond acceptors (Lipinski definition) is 3. The lowest BCUT2D eigenvalue weighted by atomic mass is 9.95. The van der Waals surface area contributed by atoms with Crippen molar-refractivity contribution in [2.75, 3.05) is 7.11 Å². The van der Waals surface area contributed by atoms with Crippen LogP contribution in [-0.2, 0) is 17.6 Å². The van der Waals surface area contributed by atoms with Gasteiger partial charge in [-0.25, -0.2) is 4.79 Å². The molecule has 0 bridgehead atoms. The van der Waals surface area contributed by atoms with Gasteiger partial charge < -0.3 is 10.1 Å². The molecule has 0 spiro atoms. The van der Waals surface area contributed by atoms with Crippen LogP contribution in [0, 0.1) is 0 Å². The Morgan fingerprint density at radius 1 is 1.08 bits per heavy atom. The molecule has 6 nitrogen and oxygen atoms in total. The average molecular weight is 324 g/mol. The minimum absolute atomic E-state index is 0.365. The molecule has 2 atom stereocenters. The van der Waals surface area contributed by atoms with Crippen molar-refractivity contribution in [2.24, 2.45) is 5.11 Å². The number of amides is 1. The number of benzene rings is 2. The fourth-order valence-corrected chi connectivity index (χ4v) is 2.55. The molecule has 0 saturated carbocycles. The van der Waals surface area contributed by atoms with Gasteiger partial charge in [-0.1, -0.05) is 65.8 Å². The summed E-state index contributed by atoms with van der Waals surface area (Å²) in [6, 6.07) is 18.7. The summed E-state index contributed by atoms with van der Waals surface area (Å²) in [6.45, 7) is 0. The molecular weight excluding hydrogens is 304 g/mol. The Bertz CT molecular complexity index is 685. The van der Waals surface area contributed by atoms with Crippen LogP contribution >= 0.6 is 0 Å². The first-order valence-electron chi connectivity index (χ1n) is 7.69. The van der Waals surface area contributed by atoms with E-state index in [1.54, 1.807) is 0 Å². The van der Waals surface area contributed by atoms with Crippen LogP contribution in [0.25, 0.3) is 10.4 Å². The number of methoxy groups -OCH3 is 1. The molecule has 0 radical (unpaired) electrons. The van der Waals surface area contributed by atoms with Gasteiger partial charge in [0.05, 0.1) is 13.2 Å². The Balaban J connectivity index is 2.22. The SMILES string of the molecule is COC(=O)N[C@@H](Cc1ccccc1)[C@H](Cc1ccccc1)N=[N+]=[N-]. The molecule has 124 valence electrons. The van der Waals surface area contributed by atoms with E-state index in [1.165, 1.54) is 7.11 Å². The summed E-state index contributed by atoms with van der Waals surface area (Å²) in [7, 11) is 1.31. The van der Waals surface area contributed by atoms with Crippen molar-refractivity contribution in [3.8, 4) is 0 Å². The second-order valence-electron chi connectivity index (χ2n) is 5.39. The van der Waals surface area contributed by atoms with Crippen molar-refractivity contribution in [3.05, 3.63) is 82.2 Å². The van der Waals surface area contributed by atoms with Gasteiger partial charge in [-0.15, -0.1) is 0 Å². The third kappa shape index (κ3) is 5.34. The van der Waals surface area contributed by atoms with E-state index in [0.717, 1.165) is 11.1 Å². The van der Waals surface area contributed by atoms with Crippen LogP contribution in [-0.4, -0.2) is 25.3 Å². The quantitative estimate of drug-likeness (QED) is 0.476. The van der Waals surface area contributed by atoms with E-state index in [9.17, 15) is 4.79 Å². The Labute approximate surface area is 141 Å². The Hall–Kier alpha value is -2.98. The molecule has 0 saturated heterocycles. The lowest BCUT2D eigenvalue weighted by Crippen LogP contribution is -2.44. The fraction of sp³-hybridized carbons (Fsp3) is 0.278. The van der Waals surface area contributed by atoms with E-state index in [1.807, 2.05) is 60.7 Å². The standard InChI is InChI=1S/C18H20N4O2/c1-24-18(23)20-16(12-14-8-4-2-5-9-14)17(21-22-19)13-15-10-6-3-7-11-15/h2-11,16-17H,12-13H2,1H3,(H,20,23)/t16-,17-/m0/s1. The number of carbonyl (C=O) groups excluding carboxylic acids is 1. The molecule has 0 aliphatic heterocycles. The molecule has 0 unspecified atom stereocenters. The number of carbonyl (C=O) groups is 1. The highest BCUT2D eigenvalue weighted by molar-refractivity contribution is 5.67. The second kappa shape index (κ2) is 9.22. The Morgan fingerprint density at radius 2 is 1.62 bits per heavy atom. The van der Waals surface area contributed by atoms with Crippen molar-refractivity contribution in [1.29, 1.82) is 0 Å². The summed E-state index contributed by atoms with van der Waals surface area (Å²) in [5.74, 6) is 0. The highest BCUT2D eigenvalue weighted by Crippen LogP contribution is 2.14. The van der Waals surface area contributed by atoms with Gasteiger partial charge in [0.25, 0.3) is 0 Å². The third-order valence-electron chi connectivity index (χ3n) is 3.74. The van der Waals surface area contributed by atoms with E-state index in [0.29, 0.717) is 12.8 Å². The summed E-state index contributed by atoms with van der Waals surface area (Å²) < 4.78 is 4.71. The molecule has 0 aliphatic rings. The predicted octanol–water partition coefficient (Wildman–Crippen LogP) is 3.88. The van der Waals surface area contributed by atoms with Crippen LogP contribution in [0.3, 0.4) is 0 Å². The normalized spacial score (nSPS) is 12.5. The van der Waals surface area contributed by atoms with Crippen molar-refractivity contribution in [3.63, 3.8) is 0 Å². The molecule has 2 aromatic carbocycles. The number of nitrogens with zero attached hydrogens (tertiary/aromatic N) is 3. The number of hydrogen-bond donors (Lipinski definition) is 1. The minimum Gasteiger partial charge on any atom is -0.453 e. The van der Waals surface area contributed by atoms with Gasteiger partial charge >= 0.3 is 6.09 Å². The van der Waals surface area contributed by atoms with Gasteiger partial charge in [-0.05, 0) is 29.5 Å². The van der Waals surface area contributed by atoms with Crippen molar-refractivity contribution in [2.45, 2.75) is 24.9 Å². The molecule has 0 fully saturated rings. The second-order valence-corrected chi connectivity index (χ2v) is 5.39. The smallest absolute Gasteiger partial charge is 0.407 e. The first-order chi connectivity index (χ1) is 11.7. The fourth-order valence-electron chi connectivity index (χ4n) is 2.55. The van der Waals surface area contributed by atoms with Crippen LogP contribution in [0.5, 0.6) is 0 Å². The maximum atomic E-state index is 11.7. The van der Waals surface area contributed by atoms with Crippen LogP contribution in [0.4, 0.5) is 4.79 Å². The topological polar surface area (TPSA) is 87.1 Å². The molecular formula is C18H20N4O2. The van der Waals surface area contributed by atoms with Gasteiger partial charge in [0.15, 0.2) is 0 Å². The molecule has 24 heavy (non-hydrogen) atoms. The number of alkyl carbamates (subject to hydrolysis) is 1. The highest BCUT2D eigenvalue weighted by atomic mass is 16.5. The molecule has 0 aliphatic carbocycles. The zero-order chi connectivity index (χ0) is 17.2. The predicted molar refractivity (Wildman–Crippen MR) is 92.6 cm³/mol. The number of nitrogens with one attached hydrogen (secondary N) is 1. The van der Waals surface area contributed by atoms with E-state index < -0.39 is 12.1 Å². The van der Waals surface area contributed by atoms with Crippen LogP contribution in [0.2, 0.25) is 0 Å². The van der Waals surface area contributed by atoms with Crippen LogP contribution < -0.4 is 5.32 Å². The maximum Gasteiger partial charge on any atom is 0.407 e. The zero-order valence-electron chi connectivity index (χ0n) is 13.5. The Morgan fingerprint density at radius 3 is 2.12 bits per heavy atom. The molecule has 2 aromatic rings. The maximum absolute atomic E-state index is 11.7. The lowest BCUT2D eigenvalue weighted by molar-refractivity contribution is 0.164. The number of rotatable bonds is 7. The first kappa shape index (κ1) is 17.4. The van der Waals surface area contributed by atoms with E-state index >= 15 is 0 Å². The van der Waals surface area contributed by atoms with E-state index in [4.69, 9.17) is 10.3 Å². The summed E-state index contributed by atoms with van der Waals surface area (Å²) in [6.07, 6.45) is 0.543. The van der Waals surface area contributed by atoms with Gasteiger partial charge in [0.2, 0.25) is 0 Å². The summed E-state index contributed by atoms with van der Waals surface area (Å²) in [5.41, 5.74) is 11.0. The Kier molecular flexibility index (Phi) is 6.68. The molecule has 2 rings (SSSR count).